The molecule has 70 valence electrons. The second-order valence-corrected chi connectivity index (χ2v) is 2.79. The molecule has 0 bridgehead atoms. The molecular weight excluding hydrogens is 178 g/mol. The van der Waals surface area contributed by atoms with Crippen LogP contribution in [0.25, 0.3) is 11.4 Å². The number of nitrogens with two attached hydrogens (primary N) is 1. The highest BCUT2D eigenvalue weighted by Gasteiger charge is 2.05. The Bertz CT molecular complexity index is 454. The van der Waals surface area contributed by atoms with Crippen LogP contribution in [0.15, 0.2) is 24.7 Å². The predicted molar refractivity (Wildman–Crippen MR) is 52.2 cm³/mol. The standard InChI is InChI=1S/C9H9N5/c1-6-12-5-13-9(14-6)7-3-2-4-11-8(7)10/h2-5H,1H3,(H2,10,11). The van der Waals surface area contributed by atoms with Gasteiger partial charge in [-0.05, 0) is 19.1 Å². The van der Waals surface area contributed by atoms with Crippen molar-refractivity contribution in [3.63, 3.8) is 0 Å². The summed E-state index contributed by atoms with van der Waals surface area (Å²) in [7, 11) is 0. The monoisotopic (exact) mass is 187 g/mol. The largest absolute Gasteiger partial charge is 0.383 e. The minimum Gasteiger partial charge on any atom is -0.383 e. The molecular formula is C9H9N5. The summed E-state index contributed by atoms with van der Waals surface area (Å²) in [4.78, 5) is 16.1. The molecule has 2 aromatic heterocycles. The molecule has 0 spiro atoms. The lowest BCUT2D eigenvalue weighted by Crippen LogP contribution is -1.98. The SMILES string of the molecule is Cc1ncnc(-c2cccnc2N)n1. The molecule has 5 heteroatoms. The molecule has 0 saturated heterocycles. The lowest BCUT2D eigenvalue weighted by atomic mass is 10.2. The van der Waals surface area contributed by atoms with E-state index in [1.165, 1.54) is 6.33 Å². The van der Waals surface area contributed by atoms with E-state index in [1.807, 2.05) is 6.07 Å². The van der Waals surface area contributed by atoms with E-state index in [-0.39, 0.29) is 0 Å². The van der Waals surface area contributed by atoms with E-state index in [1.54, 1.807) is 19.2 Å². The van der Waals surface area contributed by atoms with Crippen LogP contribution >= 0.6 is 0 Å². The average molecular weight is 187 g/mol. The second kappa shape index (κ2) is 3.37. The molecule has 0 aliphatic rings. The highest BCUT2D eigenvalue weighted by Crippen LogP contribution is 2.18. The smallest absolute Gasteiger partial charge is 0.166 e. The fourth-order valence-corrected chi connectivity index (χ4v) is 1.11. The van der Waals surface area contributed by atoms with Gasteiger partial charge in [-0.15, -0.1) is 0 Å². The maximum atomic E-state index is 5.69. The third-order valence-electron chi connectivity index (χ3n) is 1.77. The number of hydrogen-bond donors (Lipinski definition) is 1. The van der Waals surface area contributed by atoms with Gasteiger partial charge < -0.3 is 5.73 Å². The predicted octanol–water partition coefficient (Wildman–Crippen LogP) is 0.824. The fraction of sp³-hybridized carbons (Fsp3) is 0.111. The quantitative estimate of drug-likeness (QED) is 0.715. The van der Waals surface area contributed by atoms with Crippen LogP contribution in [0.2, 0.25) is 0 Å². The van der Waals surface area contributed by atoms with E-state index in [0.717, 1.165) is 5.56 Å². The first-order valence-electron chi connectivity index (χ1n) is 4.14. The average Bonchev–Trinajstić information content (AvgIpc) is 2.18. The van der Waals surface area contributed by atoms with E-state index < -0.39 is 0 Å². The van der Waals surface area contributed by atoms with Gasteiger partial charge in [-0.25, -0.2) is 19.9 Å². The maximum absolute atomic E-state index is 5.69. The van der Waals surface area contributed by atoms with Crippen LogP contribution in [0.3, 0.4) is 0 Å². The van der Waals surface area contributed by atoms with Gasteiger partial charge in [0.15, 0.2) is 5.82 Å². The van der Waals surface area contributed by atoms with Crippen LogP contribution in [0.5, 0.6) is 0 Å². The van der Waals surface area contributed by atoms with Crippen molar-refractivity contribution in [2.45, 2.75) is 6.92 Å². The molecule has 2 heterocycles. The van der Waals surface area contributed by atoms with Crippen LogP contribution in [0.1, 0.15) is 5.82 Å². The number of pyridine rings is 1. The first kappa shape index (κ1) is 8.55. The van der Waals surface area contributed by atoms with Gasteiger partial charge in [0.25, 0.3) is 0 Å². The van der Waals surface area contributed by atoms with Gasteiger partial charge in [0.1, 0.15) is 18.0 Å². The molecule has 2 N–H and O–H groups in total. The molecule has 0 aliphatic heterocycles. The molecule has 5 nitrogen and oxygen atoms in total. The van der Waals surface area contributed by atoms with Crippen LogP contribution in [-0.4, -0.2) is 19.9 Å². The summed E-state index contributed by atoms with van der Waals surface area (Å²) in [6, 6.07) is 3.63. The van der Waals surface area contributed by atoms with Gasteiger partial charge in [-0.1, -0.05) is 0 Å². The first-order chi connectivity index (χ1) is 6.77. The molecule has 0 amide bonds. The van der Waals surface area contributed by atoms with E-state index in [4.69, 9.17) is 5.73 Å². The number of nitrogen functional groups attached to an aromatic ring is 1. The van der Waals surface area contributed by atoms with Crippen molar-refractivity contribution in [2.24, 2.45) is 0 Å². The minimum atomic E-state index is 0.429. The topological polar surface area (TPSA) is 77.6 Å². The Kier molecular flexibility index (Phi) is 2.06. The third-order valence-corrected chi connectivity index (χ3v) is 1.77. The number of nitrogens with zero attached hydrogens (tertiary/aromatic N) is 4. The Morgan fingerprint density at radius 2 is 2.07 bits per heavy atom. The highest BCUT2D eigenvalue weighted by atomic mass is 15.0. The molecule has 0 fully saturated rings. The van der Waals surface area contributed by atoms with Crippen molar-refractivity contribution < 1.29 is 0 Å². The van der Waals surface area contributed by atoms with E-state index in [9.17, 15) is 0 Å². The van der Waals surface area contributed by atoms with Gasteiger partial charge >= 0.3 is 0 Å². The van der Waals surface area contributed by atoms with Gasteiger partial charge in [0.2, 0.25) is 0 Å². The van der Waals surface area contributed by atoms with Crippen molar-refractivity contribution in [1.29, 1.82) is 0 Å². The van der Waals surface area contributed by atoms with Gasteiger partial charge in [-0.3, -0.25) is 0 Å². The zero-order valence-corrected chi connectivity index (χ0v) is 7.68. The zero-order chi connectivity index (χ0) is 9.97. The summed E-state index contributed by atoms with van der Waals surface area (Å²) in [5, 5.41) is 0. The maximum Gasteiger partial charge on any atom is 0.166 e. The lowest BCUT2D eigenvalue weighted by Gasteiger charge is -2.01. The third kappa shape index (κ3) is 1.52. The molecule has 0 aliphatic carbocycles. The van der Waals surface area contributed by atoms with Crippen LogP contribution in [0.4, 0.5) is 5.82 Å². The fourth-order valence-electron chi connectivity index (χ4n) is 1.11. The first-order valence-corrected chi connectivity index (χ1v) is 4.14. The molecule has 0 saturated carbocycles. The van der Waals surface area contributed by atoms with Crippen molar-refractivity contribution in [3.8, 4) is 11.4 Å². The Morgan fingerprint density at radius 3 is 2.79 bits per heavy atom. The van der Waals surface area contributed by atoms with Gasteiger partial charge in [0.05, 0.1) is 5.56 Å². The van der Waals surface area contributed by atoms with Crippen molar-refractivity contribution in [1.82, 2.24) is 19.9 Å². The zero-order valence-electron chi connectivity index (χ0n) is 7.68. The lowest BCUT2D eigenvalue weighted by molar-refractivity contribution is 0.982. The number of rotatable bonds is 1. The Balaban J connectivity index is 2.55. The molecule has 14 heavy (non-hydrogen) atoms. The number of aromatic nitrogens is 4. The molecule has 2 aromatic rings. The summed E-state index contributed by atoms with van der Waals surface area (Å²) in [6.07, 6.45) is 3.09. The minimum absolute atomic E-state index is 0.429. The van der Waals surface area contributed by atoms with E-state index >= 15 is 0 Å². The number of aryl methyl sites for hydroxylation is 1. The highest BCUT2D eigenvalue weighted by molar-refractivity contribution is 5.67. The summed E-state index contributed by atoms with van der Waals surface area (Å²) in [5.74, 6) is 1.65. The Labute approximate surface area is 81.1 Å². The van der Waals surface area contributed by atoms with Crippen molar-refractivity contribution in [3.05, 3.63) is 30.5 Å². The van der Waals surface area contributed by atoms with Crippen molar-refractivity contribution >= 4 is 5.82 Å². The van der Waals surface area contributed by atoms with Gasteiger partial charge in [0, 0.05) is 6.20 Å². The summed E-state index contributed by atoms with van der Waals surface area (Å²) in [5.41, 5.74) is 6.43. The molecule has 0 unspecified atom stereocenters. The molecule has 0 radical (unpaired) electrons. The normalized spacial score (nSPS) is 10.1. The molecule has 2 rings (SSSR count). The van der Waals surface area contributed by atoms with E-state index in [0.29, 0.717) is 17.5 Å². The summed E-state index contributed by atoms with van der Waals surface area (Å²) in [6.45, 7) is 1.80. The second-order valence-electron chi connectivity index (χ2n) is 2.79. The Morgan fingerprint density at radius 1 is 1.21 bits per heavy atom. The molecule has 0 atom stereocenters. The van der Waals surface area contributed by atoms with Gasteiger partial charge in [-0.2, -0.15) is 0 Å². The summed E-state index contributed by atoms with van der Waals surface area (Å²) < 4.78 is 0. The Hall–Kier alpha value is -2.04. The van der Waals surface area contributed by atoms with Crippen LogP contribution < -0.4 is 5.73 Å². The van der Waals surface area contributed by atoms with Crippen LogP contribution in [-0.2, 0) is 0 Å². The van der Waals surface area contributed by atoms with Crippen LogP contribution in [0, 0.1) is 6.92 Å². The van der Waals surface area contributed by atoms with E-state index in [2.05, 4.69) is 19.9 Å². The number of hydrogen-bond acceptors (Lipinski definition) is 5. The molecule has 0 aromatic carbocycles. The summed E-state index contributed by atoms with van der Waals surface area (Å²) >= 11 is 0. The van der Waals surface area contributed by atoms with Crippen molar-refractivity contribution in [2.75, 3.05) is 5.73 Å². The number of anilines is 1.